The standard InChI is InChI=1S/C22H19N3O5/c1-14(19(26)24(2)13-5-12-23)30-22(29)15-8-10-16(11-9-15)25-20(27)17-6-3-4-7-18(17)21(25)28/h3-4,6-11,14H,5,13H2,1-2H3/t14-/m1/s1. The van der Waals surface area contributed by atoms with E-state index in [9.17, 15) is 19.2 Å². The first-order chi connectivity index (χ1) is 14.3. The Labute approximate surface area is 173 Å². The molecule has 0 radical (unpaired) electrons. The monoisotopic (exact) mass is 405 g/mol. The SMILES string of the molecule is C[C@@H](OC(=O)c1ccc(N2C(=O)c3ccccc3C2=O)cc1)C(=O)N(C)CCC#N. The molecule has 3 rings (SSSR count). The molecule has 0 aliphatic carbocycles. The summed E-state index contributed by atoms with van der Waals surface area (Å²) in [5.74, 6) is -1.98. The number of anilines is 1. The zero-order valence-electron chi connectivity index (χ0n) is 16.5. The lowest BCUT2D eigenvalue weighted by molar-refractivity contribution is -0.138. The minimum Gasteiger partial charge on any atom is -0.449 e. The third kappa shape index (κ3) is 3.91. The predicted octanol–water partition coefficient (Wildman–Crippen LogP) is 2.40. The molecule has 2 aromatic rings. The number of carbonyl (C=O) groups is 4. The van der Waals surface area contributed by atoms with Crippen LogP contribution in [0, 0.1) is 11.3 Å². The normalized spacial score (nSPS) is 13.4. The first-order valence-corrected chi connectivity index (χ1v) is 9.26. The number of carbonyl (C=O) groups excluding carboxylic acids is 4. The summed E-state index contributed by atoms with van der Waals surface area (Å²) in [7, 11) is 1.53. The second kappa shape index (κ2) is 8.57. The fraction of sp³-hybridized carbons (Fsp3) is 0.227. The molecule has 1 aliphatic rings. The van der Waals surface area contributed by atoms with E-state index in [1.807, 2.05) is 6.07 Å². The van der Waals surface area contributed by atoms with Crippen LogP contribution in [0.15, 0.2) is 48.5 Å². The fourth-order valence-corrected chi connectivity index (χ4v) is 3.09. The van der Waals surface area contributed by atoms with Gasteiger partial charge in [-0.15, -0.1) is 0 Å². The van der Waals surface area contributed by atoms with Gasteiger partial charge in [-0.3, -0.25) is 14.4 Å². The summed E-state index contributed by atoms with van der Waals surface area (Å²) in [5, 5.41) is 8.60. The maximum absolute atomic E-state index is 12.5. The largest absolute Gasteiger partial charge is 0.449 e. The molecule has 2 aromatic carbocycles. The smallest absolute Gasteiger partial charge is 0.338 e. The third-order valence-corrected chi connectivity index (χ3v) is 4.72. The molecule has 0 fully saturated rings. The molecule has 0 unspecified atom stereocenters. The highest BCUT2D eigenvalue weighted by Gasteiger charge is 2.36. The molecule has 1 heterocycles. The van der Waals surface area contributed by atoms with Crippen LogP contribution in [0.25, 0.3) is 0 Å². The molecular formula is C22H19N3O5. The van der Waals surface area contributed by atoms with Gasteiger partial charge in [0.2, 0.25) is 0 Å². The topological polar surface area (TPSA) is 108 Å². The summed E-state index contributed by atoms with van der Waals surface area (Å²) in [6.45, 7) is 1.70. The Morgan fingerprint density at radius 3 is 2.17 bits per heavy atom. The van der Waals surface area contributed by atoms with Gasteiger partial charge in [0.15, 0.2) is 6.10 Å². The molecule has 1 atom stereocenters. The van der Waals surface area contributed by atoms with Gasteiger partial charge in [0.25, 0.3) is 17.7 Å². The van der Waals surface area contributed by atoms with E-state index in [1.165, 1.54) is 43.1 Å². The van der Waals surface area contributed by atoms with Crippen molar-refractivity contribution < 1.29 is 23.9 Å². The van der Waals surface area contributed by atoms with Crippen LogP contribution in [-0.4, -0.2) is 48.3 Å². The lowest BCUT2D eigenvalue weighted by Crippen LogP contribution is -2.37. The molecular weight excluding hydrogens is 386 g/mol. The van der Waals surface area contributed by atoms with E-state index in [0.29, 0.717) is 16.8 Å². The summed E-state index contributed by atoms with van der Waals surface area (Å²) in [5.41, 5.74) is 1.17. The van der Waals surface area contributed by atoms with Crippen molar-refractivity contribution in [1.82, 2.24) is 4.90 Å². The van der Waals surface area contributed by atoms with Crippen molar-refractivity contribution in [1.29, 1.82) is 5.26 Å². The molecule has 0 saturated carbocycles. The van der Waals surface area contributed by atoms with E-state index in [1.54, 1.807) is 24.3 Å². The van der Waals surface area contributed by atoms with Crippen molar-refractivity contribution in [2.24, 2.45) is 0 Å². The number of fused-ring (bicyclic) bond motifs is 1. The zero-order valence-corrected chi connectivity index (χ0v) is 16.5. The number of amides is 3. The summed E-state index contributed by atoms with van der Waals surface area (Å²) in [6.07, 6.45) is -0.834. The van der Waals surface area contributed by atoms with Gasteiger partial charge in [-0.25, -0.2) is 9.69 Å². The van der Waals surface area contributed by atoms with E-state index in [2.05, 4.69) is 0 Å². The van der Waals surface area contributed by atoms with Crippen LogP contribution in [0.3, 0.4) is 0 Å². The molecule has 8 heteroatoms. The Kier molecular flexibility index (Phi) is 5.93. The van der Waals surface area contributed by atoms with Crippen LogP contribution >= 0.6 is 0 Å². The van der Waals surface area contributed by atoms with Crippen LogP contribution in [0.5, 0.6) is 0 Å². The van der Waals surface area contributed by atoms with Crippen molar-refractivity contribution in [2.75, 3.05) is 18.5 Å². The number of rotatable bonds is 6. The molecule has 0 N–H and O–H groups in total. The Balaban J connectivity index is 1.68. The first-order valence-electron chi connectivity index (χ1n) is 9.26. The number of likely N-dealkylation sites (N-methyl/N-ethyl adjacent to an activating group) is 1. The quantitative estimate of drug-likeness (QED) is 0.539. The van der Waals surface area contributed by atoms with Crippen molar-refractivity contribution in [2.45, 2.75) is 19.4 Å². The molecule has 0 aromatic heterocycles. The predicted molar refractivity (Wildman–Crippen MR) is 107 cm³/mol. The third-order valence-electron chi connectivity index (χ3n) is 4.72. The minimum atomic E-state index is -1.02. The van der Waals surface area contributed by atoms with Gasteiger partial charge in [-0.2, -0.15) is 5.26 Å². The average Bonchev–Trinajstić information content (AvgIpc) is 3.01. The number of esters is 1. The van der Waals surface area contributed by atoms with Gasteiger partial charge in [0.05, 0.1) is 34.9 Å². The fourth-order valence-electron chi connectivity index (χ4n) is 3.09. The minimum absolute atomic E-state index is 0.176. The number of imide groups is 1. The zero-order chi connectivity index (χ0) is 21.8. The van der Waals surface area contributed by atoms with Crippen molar-refractivity contribution >= 4 is 29.4 Å². The van der Waals surface area contributed by atoms with Gasteiger partial charge in [0, 0.05) is 13.6 Å². The molecule has 8 nitrogen and oxygen atoms in total. The lowest BCUT2D eigenvalue weighted by atomic mass is 10.1. The highest BCUT2D eigenvalue weighted by Crippen LogP contribution is 2.28. The Morgan fingerprint density at radius 1 is 1.07 bits per heavy atom. The number of ether oxygens (including phenoxy) is 1. The number of hydrogen-bond acceptors (Lipinski definition) is 6. The van der Waals surface area contributed by atoms with Gasteiger partial charge < -0.3 is 9.64 Å². The van der Waals surface area contributed by atoms with Crippen LogP contribution in [-0.2, 0) is 9.53 Å². The van der Waals surface area contributed by atoms with Crippen LogP contribution in [0.4, 0.5) is 5.69 Å². The summed E-state index contributed by atoms with van der Waals surface area (Å²) in [4.78, 5) is 52.0. The maximum Gasteiger partial charge on any atom is 0.338 e. The van der Waals surface area contributed by atoms with E-state index in [-0.39, 0.29) is 18.5 Å². The van der Waals surface area contributed by atoms with Crippen molar-refractivity contribution in [3.63, 3.8) is 0 Å². The molecule has 3 amide bonds. The van der Waals surface area contributed by atoms with Crippen molar-refractivity contribution in [3.8, 4) is 6.07 Å². The summed E-state index contributed by atoms with van der Waals surface area (Å²) < 4.78 is 5.20. The van der Waals surface area contributed by atoms with E-state index >= 15 is 0 Å². The van der Waals surface area contributed by atoms with Gasteiger partial charge in [-0.05, 0) is 43.3 Å². The number of nitrogens with zero attached hydrogens (tertiary/aromatic N) is 3. The molecule has 0 bridgehead atoms. The lowest BCUT2D eigenvalue weighted by Gasteiger charge is -2.20. The van der Waals surface area contributed by atoms with Crippen molar-refractivity contribution in [3.05, 3.63) is 65.2 Å². The Morgan fingerprint density at radius 2 is 1.63 bits per heavy atom. The maximum atomic E-state index is 12.5. The second-order valence-corrected chi connectivity index (χ2v) is 6.75. The van der Waals surface area contributed by atoms with Crippen LogP contribution in [0.2, 0.25) is 0 Å². The van der Waals surface area contributed by atoms with E-state index in [4.69, 9.17) is 10.00 Å². The number of nitriles is 1. The van der Waals surface area contributed by atoms with E-state index < -0.39 is 29.8 Å². The Hall–Kier alpha value is -3.99. The van der Waals surface area contributed by atoms with Gasteiger partial charge >= 0.3 is 5.97 Å². The molecule has 1 aliphatic heterocycles. The first kappa shape index (κ1) is 20.7. The molecule has 0 spiro atoms. The Bertz CT molecular complexity index is 1020. The second-order valence-electron chi connectivity index (χ2n) is 6.75. The average molecular weight is 405 g/mol. The highest BCUT2D eigenvalue weighted by atomic mass is 16.5. The number of hydrogen-bond donors (Lipinski definition) is 0. The highest BCUT2D eigenvalue weighted by molar-refractivity contribution is 6.34. The van der Waals surface area contributed by atoms with Crippen LogP contribution < -0.4 is 4.90 Å². The van der Waals surface area contributed by atoms with E-state index in [0.717, 1.165) is 4.90 Å². The van der Waals surface area contributed by atoms with Gasteiger partial charge in [0.1, 0.15) is 0 Å². The van der Waals surface area contributed by atoms with Gasteiger partial charge in [-0.1, -0.05) is 12.1 Å². The molecule has 0 saturated heterocycles. The molecule has 152 valence electrons. The molecule has 30 heavy (non-hydrogen) atoms. The summed E-state index contributed by atoms with van der Waals surface area (Å²) >= 11 is 0. The number of benzene rings is 2. The van der Waals surface area contributed by atoms with Crippen LogP contribution in [0.1, 0.15) is 44.4 Å². The summed E-state index contributed by atoms with van der Waals surface area (Å²) in [6, 6.07) is 14.3.